The van der Waals surface area contributed by atoms with Crippen molar-refractivity contribution in [2.45, 2.75) is 12.8 Å². The summed E-state index contributed by atoms with van der Waals surface area (Å²) in [5, 5.41) is 0. The van der Waals surface area contributed by atoms with Crippen molar-refractivity contribution in [3.05, 3.63) is 62.3 Å². The first kappa shape index (κ1) is 17.9. The van der Waals surface area contributed by atoms with Crippen LogP contribution in [0, 0.1) is 5.82 Å². The summed E-state index contributed by atoms with van der Waals surface area (Å²) in [6, 6.07) is 9.83. The molecule has 0 saturated carbocycles. The van der Waals surface area contributed by atoms with Gasteiger partial charge in [-0.15, -0.1) is 0 Å². The van der Waals surface area contributed by atoms with Gasteiger partial charge < -0.3 is 4.74 Å². The minimum absolute atomic E-state index is 0.0579. The van der Waals surface area contributed by atoms with E-state index in [0.717, 1.165) is 6.07 Å². The zero-order valence-corrected chi connectivity index (χ0v) is 14.4. The van der Waals surface area contributed by atoms with Gasteiger partial charge in [-0.25, -0.2) is 4.39 Å². The molecule has 0 N–H and O–H groups in total. The van der Waals surface area contributed by atoms with Gasteiger partial charge in [0.15, 0.2) is 11.6 Å². The number of rotatable bonds is 4. The van der Waals surface area contributed by atoms with E-state index in [0.29, 0.717) is 5.56 Å². The van der Waals surface area contributed by atoms with Crippen molar-refractivity contribution in [2.75, 3.05) is 0 Å². The van der Waals surface area contributed by atoms with Crippen molar-refractivity contribution >= 4 is 37.6 Å². The average Bonchev–Trinajstić information content (AvgIpc) is 2.46. The first-order valence-electron chi connectivity index (χ1n) is 6.17. The van der Waals surface area contributed by atoms with Crippen LogP contribution in [0.4, 0.5) is 17.6 Å². The number of hydrogen-bond donors (Lipinski definition) is 0. The molecule has 2 rings (SSSR count). The lowest BCUT2D eigenvalue weighted by molar-refractivity contribution is -0.0888. The fourth-order valence-electron chi connectivity index (χ4n) is 1.78. The predicted octanol–water partition coefficient (Wildman–Crippen LogP) is 5.67. The molecule has 0 aliphatic heterocycles. The minimum atomic E-state index is -5.19. The number of carbonyl (C=O) groups excluding carboxylic acids is 1. The summed E-state index contributed by atoms with van der Waals surface area (Å²) in [4.78, 5) is 11.4. The van der Waals surface area contributed by atoms with E-state index in [4.69, 9.17) is 4.74 Å². The first-order chi connectivity index (χ1) is 10.7. The molecule has 0 aromatic heterocycles. The Morgan fingerprint density at radius 3 is 2.26 bits per heavy atom. The lowest BCUT2D eigenvalue weighted by Gasteiger charge is -2.14. The van der Waals surface area contributed by atoms with Crippen LogP contribution in [0.25, 0.3) is 0 Å². The number of ketones is 1. The minimum Gasteiger partial charge on any atom is -0.485 e. The summed E-state index contributed by atoms with van der Waals surface area (Å²) >= 11 is 5.79. The van der Waals surface area contributed by atoms with Crippen LogP contribution < -0.4 is 4.74 Å². The molecule has 0 heterocycles. The zero-order valence-electron chi connectivity index (χ0n) is 11.3. The van der Waals surface area contributed by atoms with E-state index in [9.17, 15) is 22.4 Å². The molecule has 122 valence electrons. The Bertz CT molecular complexity index is 730. The molecule has 8 heteroatoms. The normalized spacial score (nSPS) is 11.4. The fourth-order valence-corrected chi connectivity index (χ4v) is 3.19. The largest absolute Gasteiger partial charge is 0.485 e. The van der Waals surface area contributed by atoms with Crippen LogP contribution in [-0.4, -0.2) is 12.0 Å². The van der Waals surface area contributed by atoms with Crippen LogP contribution in [0.1, 0.15) is 15.9 Å². The zero-order chi connectivity index (χ0) is 17.2. The predicted molar refractivity (Wildman–Crippen MR) is 83.0 cm³/mol. The maximum absolute atomic E-state index is 14.4. The molecule has 0 spiro atoms. The third-order valence-corrected chi connectivity index (χ3v) is 4.05. The summed E-state index contributed by atoms with van der Waals surface area (Å²) < 4.78 is 57.2. The smallest absolute Gasteiger partial charge is 0.455 e. The fraction of sp³-hybridized carbons (Fsp3) is 0.133. The van der Waals surface area contributed by atoms with Gasteiger partial charge in [-0.05, 0) is 43.5 Å². The molecular weight excluding hydrogens is 448 g/mol. The van der Waals surface area contributed by atoms with Gasteiger partial charge in [0.05, 0.1) is 10.0 Å². The van der Waals surface area contributed by atoms with Gasteiger partial charge >= 0.3 is 6.18 Å². The van der Waals surface area contributed by atoms with E-state index in [-0.39, 0.29) is 15.6 Å². The first-order valence-corrected chi connectivity index (χ1v) is 7.76. The van der Waals surface area contributed by atoms with Crippen LogP contribution in [0.3, 0.4) is 0 Å². The quantitative estimate of drug-likeness (QED) is 0.438. The highest BCUT2D eigenvalue weighted by molar-refractivity contribution is 9.11. The van der Waals surface area contributed by atoms with E-state index in [1.165, 1.54) is 0 Å². The molecule has 2 nitrogen and oxygen atoms in total. The number of alkyl halides is 3. The molecular formula is C15H8Br2F4O2. The van der Waals surface area contributed by atoms with Gasteiger partial charge in [0.1, 0.15) is 6.61 Å². The van der Waals surface area contributed by atoms with Crippen molar-refractivity contribution in [2.24, 2.45) is 0 Å². The van der Waals surface area contributed by atoms with Gasteiger partial charge in [0, 0.05) is 4.47 Å². The van der Waals surface area contributed by atoms with E-state index in [1.807, 2.05) is 0 Å². The van der Waals surface area contributed by atoms with E-state index >= 15 is 0 Å². The molecule has 0 amide bonds. The second-order valence-electron chi connectivity index (χ2n) is 4.46. The average molecular weight is 456 g/mol. The third-order valence-electron chi connectivity index (χ3n) is 2.84. The highest BCUT2D eigenvalue weighted by Crippen LogP contribution is 2.38. The summed E-state index contributed by atoms with van der Waals surface area (Å²) in [5.41, 5.74) is -0.408. The Morgan fingerprint density at radius 1 is 1.09 bits per heavy atom. The molecule has 0 atom stereocenters. The standard InChI is InChI=1S/C15H8Br2F4O2/c16-9-6-10(17)13(23-7-8-4-2-1-3-5-8)12(18)11(9)14(22)15(19,20)21/h1-6H,7H2. The number of benzene rings is 2. The van der Waals surface area contributed by atoms with Gasteiger partial charge in [0.25, 0.3) is 5.78 Å². The lowest BCUT2D eigenvalue weighted by Crippen LogP contribution is -2.24. The van der Waals surface area contributed by atoms with Gasteiger partial charge in [0.2, 0.25) is 0 Å². The number of hydrogen-bond acceptors (Lipinski definition) is 2. The molecule has 0 aliphatic rings. The lowest BCUT2D eigenvalue weighted by atomic mass is 10.1. The number of Topliss-reactive ketones (excluding diaryl/α,β-unsaturated/α-hetero) is 1. The summed E-state index contributed by atoms with van der Waals surface area (Å²) in [7, 11) is 0. The van der Waals surface area contributed by atoms with Crippen LogP contribution in [0.5, 0.6) is 5.75 Å². The van der Waals surface area contributed by atoms with Crippen molar-refractivity contribution in [3.63, 3.8) is 0 Å². The maximum atomic E-state index is 14.4. The molecule has 0 aliphatic carbocycles. The van der Waals surface area contributed by atoms with Crippen LogP contribution in [-0.2, 0) is 6.61 Å². The molecule has 0 radical (unpaired) electrons. The summed E-state index contributed by atoms with van der Waals surface area (Å²) in [6.45, 7) is -0.0579. The number of halogens is 6. The Kier molecular flexibility index (Phi) is 5.46. The van der Waals surface area contributed by atoms with Crippen LogP contribution >= 0.6 is 31.9 Å². The molecule has 0 bridgehead atoms. The second kappa shape index (κ2) is 7.00. The van der Waals surface area contributed by atoms with Crippen LogP contribution in [0.15, 0.2) is 45.3 Å². The highest BCUT2D eigenvalue weighted by atomic mass is 79.9. The second-order valence-corrected chi connectivity index (χ2v) is 6.17. The van der Waals surface area contributed by atoms with Crippen molar-refractivity contribution in [1.82, 2.24) is 0 Å². The topological polar surface area (TPSA) is 26.3 Å². The summed E-state index contributed by atoms with van der Waals surface area (Å²) in [5.74, 6) is -4.10. The van der Waals surface area contributed by atoms with Crippen molar-refractivity contribution < 1.29 is 27.1 Å². The molecule has 0 saturated heterocycles. The van der Waals surface area contributed by atoms with E-state index in [1.54, 1.807) is 30.3 Å². The number of ether oxygens (including phenoxy) is 1. The third kappa shape index (κ3) is 4.11. The van der Waals surface area contributed by atoms with Crippen molar-refractivity contribution in [3.8, 4) is 5.75 Å². The van der Waals surface area contributed by atoms with Crippen LogP contribution in [0.2, 0.25) is 0 Å². The molecule has 0 fully saturated rings. The van der Waals surface area contributed by atoms with Gasteiger partial charge in [-0.2, -0.15) is 13.2 Å². The molecule has 0 unspecified atom stereocenters. The maximum Gasteiger partial charge on any atom is 0.455 e. The van der Waals surface area contributed by atoms with Crippen molar-refractivity contribution in [1.29, 1.82) is 0 Å². The molecule has 2 aromatic rings. The Balaban J connectivity index is 2.39. The van der Waals surface area contributed by atoms with E-state index < -0.39 is 29.1 Å². The summed E-state index contributed by atoms with van der Waals surface area (Å²) in [6.07, 6.45) is -5.19. The Hall–Kier alpha value is -1.41. The van der Waals surface area contributed by atoms with Gasteiger partial charge in [-0.1, -0.05) is 30.3 Å². The monoisotopic (exact) mass is 454 g/mol. The van der Waals surface area contributed by atoms with E-state index in [2.05, 4.69) is 31.9 Å². The Labute approximate surface area is 145 Å². The number of carbonyl (C=O) groups is 1. The SMILES string of the molecule is O=C(c1c(Br)cc(Br)c(OCc2ccccc2)c1F)C(F)(F)F. The Morgan fingerprint density at radius 2 is 1.70 bits per heavy atom. The molecule has 2 aromatic carbocycles. The molecule has 23 heavy (non-hydrogen) atoms. The highest BCUT2D eigenvalue weighted by Gasteiger charge is 2.42. The van der Waals surface area contributed by atoms with Gasteiger partial charge in [-0.3, -0.25) is 4.79 Å².